The van der Waals surface area contributed by atoms with Crippen molar-refractivity contribution in [1.29, 1.82) is 0 Å². The standard InChI is InChI=1S/C22H22N2O4S/c1-4-28-17-7-5-6-16(11-17)12-19-21(26)24(22(27)29-19)13-20(25)23-18-10-14(2)8-9-15(18)3/h5-12H,4,13H2,1-3H3,(H,23,25)/b19-12-. The number of benzene rings is 2. The number of carbonyl (C=O) groups is 3. The first-order chi connectivity index (χ1) is 13.9. The van der Waals surface area contributed by atoms with Crippen molar-refractivity contribution >= 4 is 40.6 Å². The molecule has 7 heteroatoms. The van der Waals surface area contributed by atoms with Crippen LogP contribution in [0.3, 0.4) is 0 Å². The summed E-state index contributed by atoms with van der Waals surface area (Å²) < 4.78 is 5.46. The molecule has 6 nitrogen and oxygen atoms in total. The summed E-state index contributed by atoms with van der Waals surface area (Å²) in [5.74, 6) is -0.202. The van der Waals surface area contributed by atoms with Crippen LogP contribution >= 0.6 is 11.8 Å². The molecule has 0 aliphatic carbocycles. The Labute approximate surface area is 173 Å². The largest absolute Gasteiger partial charge is 0.494 e. The van der Waals surface area contributed by atoms with Gasteiger partial charge in [0.2, 0.25) is 5.91 Å². The van der Waals surface area contributed by atoms with Gasteiger partial charge in [-0.05, 0) is 73.5 Å². The molecule has 0 saturated carbocycles. The molecule has 150 valence electrons. The minimum absolute atomic E-state index is 0.281. The Morgan fingerprint density at radius 3 is 2.72 bits per heavy atom. The van der Waals surface area contributed by atoms with Crippen LogP contribution in [-0.2, 0) is 9.59 Å². The second-order valence-corrected chi connectivity index (χ2v) is 7.63. The highest BCUT2D eigenvalue weighted by Crippen LogP contribution is 2.32. The molecule has 0 bridgehead atoms. The lowest BCUT2D eigenvalue weighted by atomic mass is 10.1. The number of imide groups is 1. The van der Waals surface area contributed by atoms with E-state index in [1.54, 1.807) is 12.1 Å². The molecule has 0 spiro atoms. The summed E-state index contributed by atoms with van der Waals surface area (Å²) in [5, 5.41) is 2.31. The van der Waals surface area contributed by atoms with Crippen molar-refractivity contribution in [3.05, 3.63) is 64.1 Å². The highest BCUT2D eigenvalue weighted by atomic mass is 32.2. The number of anilines is 1. The molecule has 1 aliphatic rings. The van der Waals surface area contributed by atoms with Gasteiger partial charge in [0.1, 0.15) is 12.3 Å². The van der Waals surface area contributed by atoms with Crippen LogP contribution < -0.4 is 10.1 Å². The third kappa shape index (κ3) is 5.06. The van der Waals surface area contributed by atoms with Crippen molar-refractivity contribution in [2.24, 2.45) is 0 Å². The van der Waals surface area contributed by atoms with Gasteiger partial charge in [-0.1, -0.05) is 24.3 Å². The Hall–Kier alpha value is -3.06. The molecule has 0 aromatic heterocycles. The van der Waals surface area contributed by atoms with E-state index in [-0.39, 0.29) is 11.4 Å². The van der Waals surface area contributed by atoms with Crippen molar-refractivity contribution in [2.45, 2.75) is 20.8 Å². The lowest BCUT2D eigenvalue weighted by Gasteiger charge is -2.14. The van der Waals surface area contributed by atoms with E-state index in [0.29, 0.717) is 18.0 Å². The zero-order chi connectivity index (χ0) is 21.0. The summed E-state index contributed by atoms with van der Waals surface area (Å²) in [6.07, 6.45) is 1.63. The number of hydrogen-bond acceptors (Lipinski definition) is 5. The maximum atomic E-state index is 12.6. The molecule has 0 unspecified atom stereocenters. The van der Waals surface area contributed by atoms with Gasteiger partial charge in [0.05, 0.1) is 11.5 Å². The van der Waals surface area contributed by atoms with Gasteiger partial charge in [-0.2, -0.15) is 0 Å². The van der Waals surface area contributed by atoms with Gasteiger partial charge in [0, 0.05) is 5.69 Å². The fourth-order valence-corrected chi connectivity index (χ4v) is 3.69. The molecule has 3 amide bonds. The van der Waals surface area contributed by atoms with Crippen molar-refractivity contribution < 1.29 is 19.1 Å². The molecule has 1 saturated heterocycles. The molecule has 2 aromatic carbocycles. The minimum Gasteiger partial charge on any atom is -0.494 e. The molecule has 3 rings (SSSR count). The fraction of sp³-hybridized carbons (Fsp3) is 0.227. The zero-order valence-corrected chi connectivity index (χ0v) is 17.3. The van der Waals surface area contributed by atoms with Crippen LogP contribution in [0.2, 0.25) is 0 Å². The Balaban J connectivity index is 1.71. The van der Waals surface area contributed by atoms with Gasteiger partial charge in [0.15, 0.2) is 0 Å². The molecule has 1 fully saturated rings. The van der Waals surface area contributed by atoms with E-state index in [0.717, 1.165) is 33.4 Å². The second-order valence-electron chi connectivity index (χ2n) is 6.64. The first kappa shape index (κ1) is 20.7. The Bertz CT molecular complexity index is 1000. The van der Waals surface area contributed by atoms with Crippen molar-refractivity contribution in [3.63, 3.8) is 0 Å². The number of thioether (sulfide) groups is 1. The molecule has 1 aliphatic heterocycles. The molecule has 2 aromatic rings. The van der Waals surface area contributed by atoms with Gasteiger partial charge >= 0.3 is 0 Å². The summed E-state index contributed by atoms with van der Waals surface area (Å²) in [5.41, 5.74) is 3.34. The molecule has 0 radical (unpaired) electrons. The maximum Gasteiger partial charge on any atom is 0.294 e. The molecule has 29 heavy (non-hydrogen) atoms. The molecular weight excluding hydrogens is 388 g/mol. The van der Waals surface area contributed by atoms with Crippen LogP contribution in [0.1, 0.15) is 23.6 Å². The van der Waals surface area contributed by atoms with E-state index in [1.807, 2.05) is 57.2 Å². The summed E-state index contributed by atoms with van der Waals surface area (Å²) in [6.45, 7) is 5.91. The summed E-state index contributed by atoms with van der Waals surface area (Å²) >= 11 is 0.827. The normalized spacial score (nSPS) is 15.1. The number of carbonyl (C=O) groups excluding carboxylic acids is 3. The lowest BCUT2D eigenvalue weighted by molar-refractivity contribution is -0.127. The monoisotopic (exact) mass is 410 g/mol. The summed E-state index contributed by atoms with van der Waals surface area (Å²) in [7, 11) is 0. The van der Waals surface area contributed by atoms with Gasteiger partial charge in [-0.3, -0.25) is 19.3 Å². The number of rotatable bonds is 6. The van der Waals surface area contributed by atoms with Crippen LogP contribution in [-0.4, -0.2) is 35.1 Å². The SMILES string of the molecule is CCOc1cccc(/C=C2\SC(=O)N(CC(=O)Nc3cc(C)ccc3C)C2=O)c1. The smallest absolute Gasteiger partial charge is 0.294 e. The Morgan fingerprint density at radius 1 is 1.17 bits per heavy atom. The lowest BCUT2D eigenvalue weighted by Crippen LogP contribution is -2.36. The Morgan fingerprint density at radius 2 is 1.97 bits per heavy atom. The second kappa shape index (κ2) is 8.96. The van der Waals surface area contributed by atoms with Gasteiger partial charge in [-0.25, -0.2) is 0 Å². The summed E-state index contributed by atoms with van der Waals surface area (Å²) in [6, 6.07) is 13.0. The highest BCUT2D eigenvalue weighted by molar-refractivity contribution is 8.18. The third-order valence-electron chi connectivity index (χ3n) is 4.31. The quantitative estimate of drug-likeness (QED) is 0.716. The number of hydrogen-bond donors (Lipinski definition) is 1. The number of nitrogens with zero attached hydrogens (tertiary/aromatic N) is 1. The molecule has 1 heterocycles. The van der Waals surface area contributed by atoms with E-state index >= 15 is 0 Å². The molecule has 1 N–H and O–H groups in total. The van der Waals surface area contributed by atoms with Gasteiger partial charge in [0.25, 0.3) is 11.1 Å². The molecule has 0 atom stereocenters. The Kier molecular flexibility index (Phi) is 6.39. The first-order valence-electron chi connectivity index (χ1n) is 9.22. The van der Waals surface area contributed by atoms with Crippen molar-refractivity contribution in [1.82, 2.24) is 4.90 Å². The summed E-state index contributed by atoms with van der Waals surface area (Å²) in [4.78, 5) is 38.6. The van der Waals surface area contributed by atoms with Crippen LogP contribution in [0.25, 0.3) is 6.08 Å². The van der Waals surface area contributed by atoms with E-state index in [2.05, 4.69) is 5.32 Å². The van der Waals surface area contributed by atoms with Crippen molar-refractivity contribution in [2.75, 3.05) is 18.5 Å². The topological polar surface area (TPSA) is 75.7 Å². The van der Waals surface area contributed by atoms with Gasteiger partial charge < -0.3 is 10.1 Å². The third-order valence-corrected chi connectivity index (χ3v) is 5.22. The predicted molar refractivity (Wildman–Crippen MR) is 115 cm³/mol. The number of nitrogens with one attached hydrogen (secondary N) is 1. The van der Waals surface area contributed by atoms with Crippen LogP contribution in [0.15, 0.2) is 47.4 Å². The maximum absolute atomic E-state index is 12.6. The first-order valence-corrected chi connectivity index (χ1v) is 10.0. The van der Waals surface area contributed by atoms with Crippen LogP contribution in [0, 0.1) is 13.8 Å². The number of aryl methyl sites for hydroxylation is 2. The molecular formula is C22H22N2O4S. The number of ether oxygens (including phenoxy) is 1. The van der Waals surface area contributed by atoms with Crippen molar-refractivity contribution in [3.8, 4) is 5.75 Å². The number of amides is 3. The average Bonchev–Trinajstić information content (AvgIpc) is 2.93. The fourth-order valence-electron chi connectivity index (χ4n) is 2.85. The van der Waals surface area contributed by atoms with Crippen LogP contribution in [0.5, 0.6) is 5.75 Å². The van der Waals surface area contributed by atoms with E-state index in [4.69, 9.17) is 4.74 Å². The zero-order valence-electron chi connectivity index (χ0n) is 16.5. The van der Waals surface area contributed by atoms with E-state index in [1.165, 1.54) is 0 Å². The van der Waals surface area contributed by atoms with E-state index < -0.39 is 17.1 Å². The van der Waals surface area contributed by atoms with Crippen LogP contribution in [0.4, 0.5) is 10.5 Å². The minimum atomic E-state index is -0.474. The van der Waals surface area contributed by atoms with E-state index in [9.17, 15) is 14.4 Å². The van der Waals surface area contributed by atoms with Gasteiger partial charge in [-0.15, -0.1) is 0 Å². The predicted octanol–water partition coefficient (Wildman–Crippen LogP) is 4.38. The average molecular weight is 410 g/mol. The highest BCUT2D eigenvalue weighted by Gasteiger charge is 2.36.